The van der Waals surface area contributed by atoms with E-state index in [4.69, 9.17) is 4.74 Å². The molecule has 1 aromatic carbocycles. The summed E-state index contributed by atoms with van der Waals surface area (Å²) in [6.45, 7) is 2.77. The van der Waals surface area contributed by atoms with E-state index in [1.165, 1.54) is 13.2 Å². The molecule has 0 bridgehead atoms. The van der Waals surface area contributed by atoms with Gasteiger partial charge in [0.15, 0.2) is 0 Å². The van der Waals surface area contributed by atoms with Gasteiger partial charge < -0.3 is 19.4 Å². The van der Waals surface area contributed by atoms with Gasteiger partial charge in [0.1, 0.15) is 11.3 Å². The predicted octanol–water partition coefficient (Wildman–Crippen LogP) is 2.62. The maximum absolute atomic E-state index is 13.0. The Morgan fingerprint density at radius 1 is 1.19 bits per heavy atom. The minimum Gasteiger partial charge on any atom is -0.493 e. The van der Waals surface area contributed by atoms with Gasteiger partial charge in [0, 0.05) is 24.0 Å². The Morgan fingerprint density at radius 3 is 2.59 bits per heavy atom. The van der Waals surface area contributed by atoms with Gasteiger partial charge in [-0.15, -0.1) is 0 Å². The van der Waals surface area contributed by atoms with Crippen molar-refractivity contribution in [3.63, 3.8) is 0 Å². The molecular formula is C20H22N2O5. The molecule has 3 rings (SSSR count). The van der Waals surface area contributed by atoms with Gasteiger partial charge in [0.2, 0.25) is 0 Å². The number of fused-ring (bicyclic) bond motifs is 1. The highest BCUT2D eigenvalue weighted by atomic mass is 16.5. The summed E-state index contributed by atoms with van der Waals surface area (Å²) in [6, 6.07) is 7.80. The summed E-state index contributed by atoms with van der Waals surface area (Å²) in [5, 5.41) is 2.82. The van der Waals surface area contributed by atoms with Crippen molar-refractivity contribution in [2.24, 2.45) is 0 Å². The molecule has 1 N–H and O–H groups in total. The summed E-state index contributed by atoms with van der Waals surface area (Å²) < 4.78 is 11.9. The Hall–Kier alpha value is -3.09. The number of esters is 1. The van der Waals surface area contributed by atoms with E-state index < -0.39 is 5.97 Å². The molecule has 1 aliphatic heterocycles. The number of pyridine rings is 1. The van der Waals surface area contributed by atoms with Crippen molar-refractivity contribution >= 4 is 17.6 Å². The molecule has 1 aromatic heterocycles. The number of anilines is 1. The van der Waals surface area contributed by atoms with E-state index in [1.807, 2.05) is 6.92 Å². The largest absolute Gasteiger partial charge is 0.493 e. The highest BCUT2D eigenvalue weighted by Gasteiger charge is 2.24. The van der Waals surface area contributed by atoms with Crippen molar-refractivity contribution in [2.75, 3.05) is 19.0 Å². The zero-order valence-electron chi connectivity index (χ0n) is 15.4. The van der Waals surface area contributed by atoms with Crippen molar-refractivity contribution in [2.45, 2.75) is 32.7 Å². The van der Waals surface area contributed by atoms with Crippen molar-refractivity contribution in [1.29, 1.82) is 0 Å². The monoisotopic (exact) mass is 370 g/mol. The van der Waals surface area contributed by atoms with Gasteiger partial charge >= 0.3 is 5.97 Å². The second kappa shape index (κ2) is 8.07. The molecule has 0 aliphatic carbocycles. The van der Waals surface area contributed by atoms with Gasteiger partial charge in [-0.1, -0.05) is 0 Å². The Morgan fingerprint density at radius 2 is 1.93 bits per heavy atom. The number of benzene rings is 1. The van der Waals surface area contributed by atoms with Crippen molar-refractivity contribution in [3.8, 4) is 5.75 Å². The lowest BCUT2D eigenvalue weighted by molar-refractivity contribution is 0.0600. The number of ether oxygens (including phenoxy) is 2. The molecular weight excluding hydrogens is 348 g/mol. The molecule has 7 heteroatoms. The van der Waals surface area contributed by atoms with Crippen molar-refractivity contribution < 1.29 is 19.1 Å². The zero-order valence-corrected chi connectivity index (χ0v) is 15.4. The lowest BCUT2D eigenvalue weighted by Gasteiger charge is -2.23. The summed E-state index contributed by atoms with van der Waals surface area (Å²) in [6.07, 6.45) is 2.49. The van der Waals surface area contributed by atoms with Gasteiger partial charge in [-0.05, 0) is 50.5 Å². The van der Waals surface area contributed by atoms with Crippen LogP contribution in [0.3, 0.4) is 0 Å². The van der Waals surface area contributed by atoms with Crippen LogP contribution in [0.4, 0.5) is 5.69 Å². The number of nitrogens with zero attached hydrogens (tertiary/aromatic N) is 1. The number of aromatic nitrogens is 1. The molecule has 0 unspecified atom stereocenters. The van der Waals surface area contributed by atoms with E-state index in [-0.39, 0.29) is 11.5 Å². The van der Waals surface area contributed by atoms with E-state index >= 15 is 0 Å². The number of carbonyl (C=O) groups is 2. The van der Waals surface area contributed by atoms with Gasteiger partial charge in [-0.2, -0.15) is 0 Å². The fourth-order valence-corrected chi connectivity index (χ4v) is 3.25. The average Bonchev–Trinajstić information content (AvgIpc) is 2.68. The van der Waals surface area contributed by atoms with Crippen LogP contribution in [0.1, 0.15) is 46.2 Å². The molecule has 1 aliphatic rings. The SMILES string of the molecule is CCOc1cc(=O)n2c(c1C(=O)Nc1ccc(C(=O)OC)cc1)CCCC2. The predicted molar refractivity (Wildman–Crippen MR) is 101 cm³/mol. The lowest BCUT2D eigenvalue weighted by Crippen LogP contribution is -2.31. The summed E-state index contributed by atoms with van der Waals surface area (Å²) in [7, 11) is 1.31. The minimum absolute atomic E-state index is 0.146. The standard InChI is InChI=1S/C20H22N2O5/c1-3-27-16-12-17(23)22-11-5-4-6-15(22)18(16)19(24)21-14-9-7-13(8-10-14)20(25)26-2/h7-10,12H,3-6,11H2,1-2H3,(H,21,24). The number of methoxy groups -OCH3 is 1. The van der Waals surface area contributed by atoms with Crippen LogP contribution in [-0.2, 0) is 17.7 Å². The number of carbonyl (C=O) groups excluding carboxylic acids is 2. The summed E-state index contributed by atoms with van der Waals surface area (Å²) in [5.74, 6) is -0.475. The first-order valence-electron chi connectivity index (χ1n) is 8.94. The van der Waals surface area contributed by atoms with Gasteiger partial charge in [0.05, 0.1) is 19.3 Å². The quantitative estimate of drug-likeness (QED) is 0.818. The van der Waals surface area contributed by atoms with E-state index in [2.05, 4.69) is 10.1 Å². The lowest BCUT2D eigenvalue weighted by atomic mass is 10.0. The molecule has 0 atom stereocenters. The Bertz CT molecular complexity index is 915. The molecule has 0 spiro atoms. The molecule has 0 fully saturated rings. The number of rotatable bonds is 5. The maximum atomic E-state index is 13.0. The van der Waals surface area contributed by atoms with Crippen LogP contribution in [-0.4, -0.2) is 30.2 Å². The Labute approximate surface area is 156 Å². The van der Waals surface area contributed by atoms with Gasteiger partial charge in [0.25, 0.3) is 11.5 Å². The molecule has 0 saturated heterocycles. The third-order valence-corrected chi connectivity index (χ3v) is 4.52. The van der Waals surface area contributed by atoms with Gasteiger partial charge in [-0.25, -0.2) is 4.79 Å². The van der Waals surface area contributed by atoms with Crippen LogP contribution >= 0.6 is 0 Å². The molecule has 2 aromatic rings. The van der Waals surface area contributed by atoms with Crippen LogP contribution in [0, 0.1) is 0 Å². The van der Waals surface area contributed by atoms with E-state index in [9.17, 15) is 14.4 Å². The average molecular weight is 370 g/mol. The van der Waals surface area contributed by atoms with Crippen LogP contribution in [0.15, 0.2) is 35.1 Å². The van der Waals surface area contributed by atoms with Crippen molar-refractivity contribution in [3.05, 3.63) is 57.5 Å². The normalized spacial score (nSPS) is 12.8. The summed E-state index contributed by atoms with van der Waals surface area (Å²) in [5.41, 5.74) is 1.89. The second-order valence-corrected chi connectivity index (χ2v) is 6.23. The first-order valence-corrected chi connectivity index (χ1v) is 8.94. The summed E-state index contributed by atoms with van der Waals surface area (Å²) in [4.78, 5) is 36.8. The van der Waals surface area contributed by atoms with E-state index in [0.29, 0.717) is 47.8 Å². The number of hydrogen-bond acceptors (Lipinski definition) is 5. The Balaban J connectivity index is 1.94. The zero-order chi connectivity index (χ0) is 19.4. The van der Waals surface area contributed by atoms with Crippen molar-refractivity contribution in [1.82, 2.24) is 4.57 Å². The third-order valence-electron chi connectivity index (χ3n) is 4.52. The number of nitrogens with one attached hydrogen (secondary N) is 1. The Kier molecular flexibility index (Phi) is 5.59. The highest BCUT2D eigenvalue weighted by Crippen LogP contribution is 2.26. The first kappa shape index (κ1) is 18.7. The highest BCUT2D eigenvalue weighted by molar-refractivity contribution is 6.07. The third kappa shape index (κ3) is 3.86. The van der Waals surface area contributed by atoms with Crippen LogP contribution in [0.2, 0.25) is 0 Å². The number of hydrogen-bond donors (Lipinski definition) is 1. The fraction of sp³-hybridized carbons (Fsp3) is 0.350. The molecule has 0 saturated carbocycles. The van der Waals surface area contributed by atoms with Crippen LogP contribution in [0.5, 0.6) is 5.75 Å². The van der Waals surface area contributed by atoms with Crippen LogP contribution in [0.25, 0.3) is 0 Å². The van der Waals surface area contributed by atoms with E-state index in [0.717, 1.165) is 12.8 Å². The first-order chi connectivity index (χ1) is 13.0. The molecule has 1 amide bonds. The number of amides is 1. The fourth-order valence-electron chi connectivity index (χ4n) is 3.25. The van der Waals surface area contributed by atoms with E-state index in [1.54, 1.807) is 28.8 Å². The topological polar surface area (TPSA) is 86.6 Å². The maximum Gasteiger partial charge on any atom is 0.337 e. The van der Waals surface area contributed by atoms with Gasteiger partial charge in [-0.3, -0.25) is 9.59 Å². The second-order valence-electron chi connectivity index (χ2n) is 6.23. The molecule has 0 radical (unpaired) electrons. The molecule has 7 nitrogen and oxygen atoms in total. The molecule has 27 heavy (non-hydrogen) atoms. The molecule has 2 heterocycles. The minimum atomic E-state index is -0.442. The van der Waals surface area contributed by atoms with Crippen LogP contribution < -0.4 is 15.6 Å². The smallest absolute Gasteiger partial charge is 0.337 e. The molecule has 142 valence electrons. The summed E-state index contributed by atoms with van der Waals surface area (Å²) >= 11 is 0.